The largest absolute Gasteiger partial charge is 0.310 e. The lowest BCUT2D eigenvalue weighted by Crippen LogP contribution is -2.21. The molecule has 1 nitrogen and oxygen atoms in total. The van der Waals surface area contributed by atoms with E-state index in [2.05, 4.69) is 49.5 Å². The van der Waals surface area contributed by atoms with Gasteiger partial charge in [0.2, 0.25) is 0 Å². The van der Waals surface area contributed by atoms with Gasteiger partial charge in [0, 0.05) is 6.04 Å². The quantitative estimate of drug-likeness (QED) is 0.767. The van der Waals surface area contributed by atoms with Crippen molar-refractivity contribution in [1.29, 1.82) is 0 Å². The first-order valence-electron chi connectivity index (χ1n) is 5.55. The van der Waals surface area contributed by atoms with Crippen LogP contribution in [-0.2, 0) is 0 Å². The van der Waals surface area contributed by atoms with Crippen molar-refractivity contribution in [3.05, 3.63) is 35.9 Å². The molecule has 0 aliphatic heterocycles. The van der Waals surface area contributed by atoms with Crippen LogP contribution in [0.4, 0.5) is 0 Å². The predicted octanol–water partition coefficient (Wildman–Crippen LogP) is 2.99. The van der Waals surface area contributed by atoms with Gasteiger partial charge in [0.1, 0.15) is 0 Å². The van der Waals surface area contributed by atoms with Crippen molar-refractivity contribution in [1.82, 2.24) is 5.32 Å². The lowest BCUT2D eigenvalue weighted by atomic mass is 10.1. The molecule has 1 aliphatic rings. The van der Waals surface area contributed by atoms with Crippen LogP contribution in [0.1, 0.15) is 31.9 Å². The molecule has 1 fully saturated rings. The molecule has 0 aromatic heterocycles. The number of benzene rings is 1. The third-order valence-corrected chi connectivity index (χ3v) is 3.26. The minimum Gasteiger partial charge on any atom is -0.310 e. The number of nitrogens with one attached hydrogen (secondary N) is 1. The molecule has 0 spiro atoms. The standard InChI is InChI=1S/C13H19N/c1-10-8-13(10)9-14-11(2)12-6-4-3-5-7-12/h3-7,10-11,13-14H,8-9H2,1-2H3. The van der Waals surface area contributed by atoms with Crippen molar-refractivity contribution < 1.29 is 0 Å². The van der Waals surface area contributed by atoms with Gasteiger partial charge in [0.15, 0.2) is 0 Å². The molecule has 0 heterocycles. The van der Waals surface area contributed by atoms with E-state index in [4.69, 9.17) is 0 Å². The van der Waals surface area contributed by atoms with Crippen LogP contribution in [0, 0.1) is 11.8 Å². The van der Waals surface area contributed by atoms with Crippen LogP contribution in [0.15, 0.2) is 30.3 Å². The average Bonchev–Trinajstić information content (AvgIpc) is 2.92. The topological polar surface area (TPSA) is 12.0 Å². The fourth-order valence-electron chi connectivity index (χ4n) is 1.87. The number of hydrogen-bond acceptors (Lipinski definition) is 1. The van der Waals surface area contributed by atoms with E-state index in [1.54, 1.807) is 0 Å². The first-order valence-corrected chi connectivity index (χ1v) is 5.55. The zero-order valence-corrected chi connectivity index (χ0v) is 9.03. The Kier molecular flexibility index (Phi) is 2.87. The Morgan fingerprint density at radius 1 is 1.36 bits per heavy atom. The lowest BCUT2D eigenvalue weighted by Gasteiger charge is -2.13. The fourth-order valence-corrected chi connectivity index (χ4v) is 1.87. The smallest absolute Gasteiger partial charge is 0.0291 e. The van der Waals surface area contributed by atoms with Gasteiger partial charge < -0.3 is 5.32 Å². The molecule has 0 amide bonds. The van der Waals surface area contributed by atoms with Crippen LogP contribution in [0.25, 0.3) is 0 Å². The predicted molar refractivity (Wildman–Crippen MR) is 60.1 cm³/mol. The summed E-state index contributed by atoms with van der Waals surface area (Å²) < 4.78 is 0. The van der Waals surface area contributed by atoms with E-state index in [-0.39, 0.29) is 0 Å². The first-order chi connectivity index (χ1) is 6.77. The first kappa shape index (κ1) is 9.72. The molecule has 76 valence electrons. The summed E-state index contributed by atoms with van der Waals surface area (Å²) in [5.41, 5.74) is 1.39. The van der Waals surface area contributed by atoms with Crippen molar-refractivity contribution in [3.63, 3.8) is 0 Å². The summed E-state index contributed by atoms with van der Waals surface area (Å²) in [5, 5.41) is 3.59. The monoisotopic (exact) mass is 189 g/mol. The highest BCUT2D eigenvalue weighted by atomic mass is 14.9. The van der Waals surface area contributed by atoms with Gasteiger partial charge in [-0.1, -0.05) is 37.3 Å². The molecule has 0 bridgehead atoms. The van der Waals surface area contributed by atoms with Gasteiger partial charge in [-0.2, -0.15) is 0 Å². The Bertz CT molecular complexity index is 281. The van der Waals surface area contributed by atoms with Crippen molar-refractivity contribution >= 4 is 0 Å². The highest BCUT2D eigenvalue weighted by molar-refractivity contribution is 5.18. The van der Waals surface area contributed by atoms with Crippen molar-refractivity contribution in [2.45, 2.75) is 26.3 Å². The minimum atomic E-state index is 0.490. The van der Waals surface area contributed by atoms with E-state index in [0.717, 1.165) is 11.8 Å². The van der Waals surface area contributed by atoms with Gasteiger partial charge in [-0.3, -0.25) is 0 Å². The average molecular weight is 189 g/mol. The summed E-state index contributed by atoms with van der Waals surface area (Å²) in [6, 6.07) is 11.1. The van der Waals surface area contributed by atoms with Crippen molar-refractivity contribution in [2.75, 3.05) is 6.54 Å². The van der Waals surface area contributed by atoms with Crippen LogP contribution in [0.2, 0.25) is 0 Å². The second-order valence-electron chi connectivity index (χ2n) is 4.51. The zero-order valence-electron chi connectivity index (χ0n) is 9.03. The Balaban J connectivity index is 1.81. The molecule has 1 N–H and O–H groups in total. The maximum absolute atomic E-state index is 3.59. The second kappa shape index (κ2) is 4.14. The van der Waals surface area contributed by atoms with Crippen LogP contribution >= 0.6 is 0 Å². The van der Waals surface area contributed by atoms with E-state index in [1.165, 1.54) is 18.5 Å². The maximum Gasteiger partial charge on any atom is 0.0291 e. The minimum absolute atomic E-state index is 0.490. The van der Waals surface area contributed by atoms with Gasteiger partial charge in [-0.15, -0.1) is 0 Å². The highest BCUT2D eigenvalue weighted by Crippen LogP contribution is 2.37. The maximum atomic E-state index is 3.59. The molecule has 1 heteroatoms. The third kappa shape index (κ3) is 2.36. The third-order valence-electron chi connectivity index (χ3n) is 3.26. The molecule has 3 atom stereocenters. The summed E-state index contributed by atoms with van der Waals surface area (Å²) in [7, 11) is 0. The summed E-state index contributed by atoms with van der Waals surface area (Å²) in [6.07, 6.45) is 1.41. The van der Waals surface area contributed by atoms with Crippen molar-refractivity contribution in [2.24, 2.45) is 11.8 Å². The number of hydrogen-bond donors (Lipinski definition) is 1. The lowest BCUT2D eigenvalue weighted by molar-refractivity contribution is 0.535. The SMILES string of the molecule is CC(NCC1CC1C)c1ccccc1. The van der Waals surface area contributed by atoms with Gasteiger partial charge >= 0.3 is 0 Å². The Labute approximate surface area is 86.5 Å². The highest BCUT2D eigenvalue weighted by Gasteiger charge is 2.32. The zero-order chi connectivity index (χ0) is 9.97. The molecule has 0 saturated heterocycles. The summed E-state index contributed by atoms with van der Waals surface area (Å²) in [4.78, 5) is 0. The normalized spacial score (nSPS) is 27.3. The van der Waals surface area contributed by atoms with Gasteiger partial charge in [0.25, 0.3) is 0 Å². The fraction of sp³-hybridized carbons (Fsp3) is 0.538. The molecular formula is C13H19N. The van der Waals surface area contributed by atoms with Gasteiger partial charge in [-0.25, -0.2) is 0 Å². The summed E-state index contributed by atoms with van der Waals surface area (Å²) >= 11 is 0. The van der Waals surface area contributed by atoms with Crippen LogP contribution in [0.5, 0.6) is 0 Å². The molecule has 1 aliphatic carbocycles. The van der Waals surface area contributed by atoms with Crippen LogP contribution in [-0.4, -0.2) is 6.54 Å². The van der Waals surface area contributed by atoms with E-state index in [1.807, 2.05) is 0 Å². The Morgan fingerprint density at radius 3 is 2.57 bits per heavy atom. The van der Waals surface area contributed by atoms with E-state index >= 15 is 0 Å². The summed E-state index contributed by atoms with van der Waals surface area (Å²) in [5.74, 6) is 1.88. The van der Waals surface area contributed by atoms with Crippen molar-refractivity contribution in [3.8, 4) is 0 Å². The molecule has 2 rings (SSSR count). The Morgan fingerprint density at radius 2 is 2.00 bits per heavy atom. The molecule has 14 heavy (non-hydrogen) atoms. The van der Waals surface area contributed by atoms with E-state index < -0.39 is 0 Å². The van der Waals surface area contributed by atoms with Gasteiger partial charge in [-0.05, 0) is 37.3 Å². The molecular weight excluding hydrogens is 170 g/mol. The van der Waals surface area contributed by atoms with Crippen LogP contribution in [0.3, 0.4) is 0 Å². The molecule has 0 radical (unpaired) electrons. The molecule has 1 aromatic rings. The molecule has 3 unspecified atom stereocenters. The second-order valence-corrected chi connectivity index (χ2v) is 4.51. The Hall–Kier alpha value is -0.820. The van der Waals surface area contributed by atoms with Gasteiger partial charge in [0.05, 0.1) is 0 Å². The summed E-state index contributed by atoms with van der Waals surface area (Å²) in [6.45, 7) is 5.75. The number of rotatable bonds is 4. The molecule has 1 aromatic carbocycles. The van der Waals surface area contributed by atoms with E-state index in [0.29, 0.717) is 6.04 Å². The van der Waals surface area contributed by atoms with E-state index in [9.17, 15) is 0 Å². The molecule has 1 saturated carbocycles. The van der Waals surface area contributed by atoms with Crippen LogP contribution < -0.4 is 5.32 Å².